The number of hydrogen-bond donors (Lipinski definition) is 4. The third-order valence-electron chi connectivity index (χ3n) is 6.54. The van der Waals surface area contributed by atoms with Crippen molar-refractivity contribution in [3.63, 3.8) is 0 Å². The van der Waals surface area contributed by atoms with Crippen molar-refractivity contribution in [2.45, 2.75) is 91.3 Å². The van der Waals surface area contributed by atoms with E-state index in [0.717, 1.165) is 24.0 Å². The van der Waals surface area contributed by atoms with E-state index < -0.39 is 53.3 Å². The maximum Gasteiger partial charge on any atom is 0.289 e. The summed E-state index contributed by atoms with van der Waals surface area (Å²) in [6.07, 6.45) is 0.775. The molecule has 1 aromatic carbocycles. The molecule has 1 heterocycles. The maximum atomic E-state index is 13.4. The first-order valence-corrected chi connectivity index (χ1v) is 12.3. The van der Waals surface area contributed by atoms with Crippen LogP contribution in [0.15, 0.2) is 24.3 Å². The molecule has 0 bridgehead atoms. The molecule has 0 radical (unpaired) electrons. The molecular formula is C26H38N4O5. The lowest BCUT2D eigenvalue weighted by Gasteiger charge is -2.39. The van der Waals surface area contributed by atoms with E-state index >= 15 is 0 Å². The van der Waals surface area contributed by atoms with E-state index in [1.807, 2.05) is 45.0 Å². The summed E-state index contributed by atoms with van der Waals surface area (Å²) in [6, 6.07) is 4.89. The van der Waals surface area contributed by atoms with Gasteiger partial charge in [-0.05, 0) is 42.2 Å². The number of ketones is 1. The zero-order chi connectivity index (χ0) is 26.1. The number of rotatable bonds is 9. The second-order valence-electron chi connectivity index (χ2n) is 11.1. The third-order valence-corrected chi connectivity index (χ3v) is 6.54. The van der Waals surface area contributed by atoms with Crippen LogP contribution in [0, 0.1) is 11.3 Å². The van der Waals surface area contributed by atoms with Gasteiger partial charge in [-0.1, -0.05) is 58.9 Å². The number of carbonyl (C=O) groups excluding carboxylic acids is 4. The highest BCUT2D eigenvalue weighted by Gasteiger charge is 2.44. The average molecular weight is 487 g/mol. The molecule has 0 saturated heterocycles. The maximum absolute atomic E-state index is 13.4. The summed E-state index contributed by atoms with van der Waals surface area (Å²) in [5.41, 5.74) is 1.18. The van der Waals surface area contributed by atoms with Gasteiger partial charge in [-0.25, -0.2) is 0 Å². The first-order valence-electron chi connectivity index (χ1n) is 12.3. The number of fused-ring (bicyclic) bond motifs is 1. The number of carbonyl (C=O) groups is 4. The molecule has 192 valence electrons. The van der Waals surface area contributed by atoms with Gasteiger partial charge < -0.3 is 21.1 Å². The Hall–Kier alpha value is -2.78. The zero-order valence-electron chi connectivity index (χ0n) is 21.4. The highest BCUT2D eigenvalue weighted by molar-refractivity contribution is 6.38. The summed E-state index contributed by atoms with van der Waals surface area (Å²) in [6.45, 7) is 11.2. The average Bonchev–Trinajstić information content (AvgIpc) is 3.53. The SMILES string of the molecule is CC(C)[C@H](NC(=O)[C@H](C)NC(=O)[C@@H](N1Cc2ccccc2C1O)C(C)(C)C)C(=O)C(=O)NC1CC1. The molecule has 9 heteroatoms. The third kappa shape index (κ3) is 6.27. The minimum Gasteiger partial charge on any atom is -0.374 e. The molecule has 4 N–H and O–H groups in total. The van der Waals surface area contributed by atoms with Crippen LogP contribution in [0.25, 0.3) is 0 Å². The van der Waals surface area contributed by atoms with Gasteiger partial charge >= 0.3 is 0 Å². The second-order valence-corrected chi connectivity index (χ2v) is 11.1. The van der Waals surface area contributed by atoms with Gasteiger partial charge in [0.1, 0.15) is 12.3 Å². The Kier molecular flexibility index (Phi) is 8.01. The van der Waals surface area contributed by atoms with Crippen LogP contribution in [0.5, 0.6) is 0 Å². The summed E-state index contributed by atoms with van der Waals surface area (Å²) >= 11 is 0. The van der Waals surface area contributed by atoms with Crippen molar-refractivity contribution >= 4 is 23.5 Å². The van der Waals surface area contributed by atoms with Crippen LogP contribution in [0.1, 0.15) is 71.7 Å². The van der Waals surface area contributed by atoms with Crippen molar-refractivity contribution in [3.05, 3.63) is 35.4 Å². The molecular weight excluding hydrogens is 448 g/mol. The smallest absolute Gasteiger partial charge is 0.289 e. The number of benzene rings is 1. The topological polar surface area (TPSA) is 128 Å². The monoisotopic (exact) mass is 486 g/mol. The van der Waals surface area contributed by atoms with Gasteiger partial charge in [-0.3, -0.25) is 24.1 Å². The number of nitrogens with one attached hydrogen (secondary N) is 3. The fourth-order valence-electron chi connectivity index (χ4n) is 4.46. The van der Waals surface area contributed by atoms with Crippen LogP contribution in [0.4, 0.5) is 0 Å². The van der Waals surface area contributed by atoms with E-state index in [9.17, 15) is 24.3 Å². The molecule has 2 aliphatic rings. The van der Waals surface area contributed by atoms with Gasteiger partial charge in [0.25, 0.3) is 5.91 Å². The lowest BCUT2D eigenvalue weighted by molar-refractivity contribution is -0.142. The van der Waals surface area contributed by atoms with Crippen molar-refractivity contribution in [1.29, 1.82) is 0 Å². The quantitative estimate of drug-likeness (QED) is 0.391. The van der Waals surface area contributed by atoms with Crippen LogP contribution >= 0.6 is 0 Å². The molecule has 4 atom stereocenters. The Labute approximate surface area is 207 Å². The van der Waals surface area contributed by atoms with Crippen molar-refractivity contribution in [3.8, 4) is 0 Å². The highest BCUT2D eigenvalue weighted by atomic mass is 16.3. The molecule has 1 aliphatic heterocycles. The Bertz CT molecular complexity index is 982. The normalized spacial score (nSPS) is 20.5. The summed E-state index contributed by atoms with van der Waals surface area (Å²) in [4.78, 5) is 52.9. The fraction of sp³-hybridized carbons (Fsp3) is 0.615. The molecule has 1 aliphatic carbocycles. The van der Waals surface area contributed by atoms with Crippen molar-refractivity contribution in [2.24, 2.45) is 11.3 Å². The van der Waals surface area contributed by atoms with E-state index in [1.54, 1.807) is 18.7 Å². The van der Waals surface area contributed by atoms with Gasteiger partial charge in [-0.2, -0.15) is 0 Å². The molecule has 0 spiro atoms. The Morgan fingerprint density at radius 2 is 1.63 bits per heavy atom. The van der Waals surface area contributed by atoms with Crippen molar-refractivity contribution in [1.82, 2.24) is 20.9 Å². The van der Waals surface area contributed by atoms with Crippen LogP contribution < -0.4 is 16.0 Å². The van der Waals surface area contributed by atoms with Gasteiger partial charge in [0, 0.05) is 12.6 Å². The van der Waals surface area contributed by atoms with Gasteiger partial charge in [-0.15, -0.1) is 0 Å². The van der Waals surface area contributed by atoms with Crippen LogP contribution in [-0.4, -0.2) is 57.7 Å². The second kappa shape index (κ2) is 10.5. The fourth-order valence-corrected chi connectivity index (χ4v) is 4.46. The molecule has 3 amide bonds. The summed E-state index contributed by atoms with van der Waals surface area (Å²) in [5.74, 6) is -2.64. The molecule has 1 aromatic rings. The summed E-state index contributed by atoms with van der Waals surface area (Å²) < 4.78 is 0. The van der Waals surface area contributed by atoms with Crippen LogP contribution in [0.2, 0.25) is 0 Å². The summed E-state index contributed by atoms with van der Waals surface area (Å²) in [5, 5.41) is 19.0. The Morgan fingerprint density at radius 3 is 2.17 bits per heavy atom. The molecule has 3 rings (SSSR count). The molecule has 0 aromatic heterocycles. The molecule has 1 unspecified atom stereocenters. The molecule has 1 fully saturated rings. The summed E-state index contributed by atoms with van der Waals surface area (Å²) in [7, 11) is 0. The number of hydrogen-bond acceptors (Lipinski definition) is 6. The lowest BCUT2D eigenvalue weighted by atomic mass is 9.84. The number of Topliss-reactive ketones (excluding diaryl/α,β-unsaturated/α-hetero) is 1. The van der Waals surface area contributed by atoms with E-state index in [1.165, 1.54) is 6.92 Å². The minimum atomic E-state index is -0.992. The number of aliphatic hydroxyl groups is 1. The largest absolute Gasteiger partial charge is 0.374 e. The first kappa shape index (κ1) is 26.8. The molecule has 1 saturated carbocycles. The molecule has 9 nitrogen and oxygen atoms in total. The standard InChI is InChI=1S/C26H38N4O5/c1-14(2)19(20(31)23(33)28-17-11-12-17)29-22(32)15(3)27-24(34)21(26(4,5)6)30-13-16-9-7-8-10-18(16)25(30)35/h7-10,14-15,17,19,21,25,35H,11-13H2,1-6H3,(H,27,34)(H,28,33)(H,29,32)/t15-,19-,21+,25?/m0/s1. The Balaban J connectivity index is 1.67. The molecule has 35 heavy (non-hydrogen) atoms. The zero-order valence-corrected chi connectivity index (χ0v) is 21.4. The first-order chi connectivity index (χ1) is 16.3. The van der Waals surface area contributed by atoms with E-state index in [4.69, 9.17) is 0 Å². The van der Waals surface area contributed by atoms with Gasteiger partial charge in [0.15, 0.2) is 0 Å². The highest BCUT2D eigenvalue weighted by Crippen LogP contribution is 2.38. The number of amides is 3. The van der Waals surface area contributed by atoms with Gasteiger partial charge in [0.2, 0.25) is 17.6 Å². The van der Waals surface area contributed by atoms with Crippen LogP contribution in [-0.2, 0) is 25.7 Å². The predicted molar refractivity (Wildman–Crippen MR) is 131 cm³/mol. The lowest BCUT2D eigenvalue weighted by Crippen LogP contribution is -2.59. The van der Waals surface area contributed by atoms with E-state index in [0.29, 0.717) is 6.54 Å². The van der Waals surface area contributed by atoms with Crippen molar-refractivity contribution < 1.29 is 24.3 Å². The van der Waals surface area contributed by atoms with E-state index in [2.05, 4.69) is 16.0 Å². The number of aliphatic hydroxyl groups excluding tert-OH is 1. The van der Waals surface area contributed by atoms with Crippen molar-refractivity contribution in [2.75, 3.05) is 0 Å². The Morgan fingerprint density at radius 1 is 1.00 bits per heavy atom. The van der Waals surface area contributed by atoms with E-state index in [-0.39, 0.29) is 12.0 Å². The van der Waals surface area contributed by atoms with Gasteiger partial charge in [0.05, 0.1) is 12.1 Å². The number of nitrogens with zero attached hydrogens (tertiary/aromatic N) is 1. The predicted octanol–water partition coefficient (Wildman–Crippen LogP) is 1.40. The minimum absolute atomic E-state index is 0.0367. The van der Waals surface area contributed by atoms with Crippen LogP contribution in [0.3, 0.4) is 0 Å².